The summed E-state index contributed by atoms with van der Waals surface area (Å²) in [6.45, 7) is 9.63. The Morgan fingerprint density at radius 3 is 2.38 bits per heavy atom. The highest BCUT2D eigenvalue weighted by atomic mass is 16.2. The number of aromatic nitrogens is 1. The average molecular weight is 289 g/mol. The monoisotopic (exact) mass is 289 g/mol. The number of hydrogen-bond acceptors (Lipinski definition) is 3. The van der Waals surface area contributed by atoms with Crippen molar-refractivity contribution in [2.45, 2.75) is 46.7 Å². The lowest BCUT2D eigenvalue weighted by Crippen LogP contribution is -2.66. The van der Waals surface area contributed by atoms with Crippen LogP contribution in [-0.2, 0) is 9.59 Å². The fourth-order valence-electron chi connectivity index (χ4n) is 2.76. The van der Waals surface area contributed by atoms with Crippen LogP contribution in [0.3, 0.4) is 0 Å². The average Bonchev–Trinajstić information content (AvgIpc) is 2.40. The Labute approximate surface area is 125 Å². The van der Waals surface area contributed by atoms with Gasteiger partial charge in [0.2, 0.25) is 5.91 Å². The molecule has 5 heteroatoms. The molecule has 0 saturated carbocycles. The van der Waals surface area contributed by atoms with E-state index in [1.807, 2.05) is 40.7 Å². The molecule has 1 N–H and O–H groups in total. The Kier molecular flexibility index (Phi) is 4.30. The number of pyridine rings is 1. The van der Waals surface area contributed by atoms with Crippen LogP contribution in [0.1, 0.15) is 33.4 Å². The summed E-state index contributed by atoms with van der Waals surface area (Å²) in [5.74, 6) is -0.0679. The van der Waals surface area contributed by atoms with Gasteiger partial charge in [-0.25, -0.2) is 0 Å². The lowest BCUT2D eigenvalue weighted by Gasteiger charge is -2.42. The topological polar surface area (TPSA) is 62.3 Å². The van der Waals surface area contributed by atoms with Gasteiger partial charge in [-0.2, -0.15) is 0 Å². The Morgan fingerprint density at radius 2 is 1.86 bits per heavy atom. The first-order valence-corrected chi connectivity index (χ1v) is 7.39. The third-order valence-electron chi connectivity index (χ3n) is 3.88. The normalized spacial score (nSPS) is 22.9. The molecule has 1 aliphatic rings. The van der Waals surface area contributed by atoms with Crippen LogP contribution in [-0.4, -0.2) is 28.9 Å². The molecule has 2 unspecified atom stereocenters. The lowest BCUT2D eigenvalue weighted by molar-refractivity contribution is -0.135. The molecular formula is C16H23N3O2. The van der Waals surface area contributed by atoms with Crippen LogP contribution in [0.15, 0.2) is 18.3 Å². The van der Waals surface area contributed by atoms with E-state index in [9.17, 15) is 9.59 Å². The van der Waals surface area contributed by atoms with Crippen molar-refractivity contribution in [3.05, 3.63) is 24.0 Å². The van der Waals surface area contributed by atoms with E-state index >= 15 is 0 Å². The molecule has 1 fully saturated rings. The molecule has 0 bridgehead atoms. The third kappa shape index (κ3) is 2.77. The second-order valence-corrected chi connectivity index (χ2v) is 6.24. The van der Waals surface area contributed by atoms with Gasteiger partial charge in [-0.3, -0.25) is 19.5 Å². The fourth-order valence-corrected chi connectivity index (χ4v) is 2.76. The number of piperazine rings is 1. The molecule has 114 valence electrons. The van der Waals surface area contributed by atoms with Crippen molar-refractivity contribution < 1.29 is 9.59 Å². The van der Waals surface area contributed by atoms with Crippen LogP contribution >= 0.6 is 0 Å². The minimum absolute atomic E-state index is 0.0293. The van der Waals surface area contributed by atoms with Crippen molar-refractivity contribution in [1.29, 1.82) is 0 Å². The summed E-state index contributed by atoms with van der Waals surface area (Å²) in [7, 11) is 0. The van der Waals surface area contributed by atoms with Crippen LogP contribution in [0.25, 0.3) is 0 Å². The zero-order valence-electron chi connectivity index (χ0n) is 13.3. The van der Waals surface area contributed by atoms with Gasteiger partial charge in [0.05, 0.1) is 11.4 Å². The highest BCUT2D eigenvalue weighted by molar-refractivity contribution is 6.08. The Morgan fingerprint density at radius 1 is 1.19 bits per heavy atom. The van der Waals surface area contributed by atoms with E-state index in [4.69, 9.17) is 0 Å². The van der Waals surface area contributed by atoms with Crippen molar-refractivity contribution in [3.63, 3.8) is 0 Å². The smallest absolute Gasteiger partial charge is 0.250 e. The molecule has 0 spiro atoms. The minimum atomic E-state index is -0.490. The second-order valence-electron chi connectivity index (χ2n) is 6.24. The molecule has 2 rings (SSSR count). The molecular weight excluding hydrogens is 266 g/mol. The zero-order valence-corrected chi connectivity index (χ0v) is 13.3. The standard InChI is InChI=1S/C16H23N3O2/c1-9(2)13-16(21)19(12-7-6-8-17-11(12)5)14(10(3)4)15(20)18-13/h6-10,13-14H,1-5H3,(H,18,20). The van der Waals surface area contributed by atoms with Gasteiger partial charge in [-0.05, 0) is 30.9 Å². The van der Waals surface area contributed by atoms with Crippen molar-refractivity contribution in [2.75, 3.05) is 4.90 Å². The number of carbonyl (C=O) groups excluding carboxylic acids is 2. The molecule has 2 heterocycles. The van der Waals surface area contributed by atoms with Gasteiger partial charge in [-0.15, -0.1) is 0 Å². The molecule has 1 aromatic rings. The Hall–Kier alpha value is -1.91. The quantitative estimate of drug-likeness (QED) is 0.924. The summed E-state index contributed by atoms with van der Waals surface area (Å²) < 4.78 is 0. The molecule has 21 heavy (non-hydrogen) atoms. The van der Waals surface area contributed by atoms with Gasteiger partial charge in [-0.1, -0.05) is 27.7 Å². The fraction of sp³-hybridized carbons (Fsp3) is 0.562. The van der Waals surface area contributed by atoms with Gasteiger partial charge in [0.25, 0.3) is 5.91 Å². The van der Waals surface area contributed by atoms with Crippen molar-refractivity contribution in [2.24, 2.45) is 11.8 Å². The molecule has 0 radical (unpaired) electrons. The van der Waals surface area contributed by atoms with Gasteiger partial charge >= 0.3 is 0 Å². The van der Waals surface area contributed by atoms with Gasteiger partial charge in [0.1, 0.15) is 12.1 Å². The maximum Gasteiger partial charge on any atom is 0.250 e. The first-order chi connectivity index (χ1) is 9.84. The van der Waals surface area contributed by atoms with Crippen molar-refractivity contribution in [1.82, 2.24) is 10.3 Å². The molecule has 0 aromatic carbocycles. The summed E-state index contributed by atoms with van der Waals surface area (Å²) in [5.41, 5.74) is 1.48. The first-order valence-electron chi connectivity index (χ1n) is 7.39. The summed E-state index contributed by atoms with van der Waals surface area (Å²) in [4.78, 5) is 31.2. The van der Waals surface area contributed by atoms with Crippen LogP contribution in [0.2, 0.25) is 0 Å². The number of amides is 2. The van der Waals surface area contributed by atoms with Crippen LogP contribution in [0.4, 0.5) is 5.69 Å². The summed E-state index contributed by atoms with van der Waals surface area (Å²) in [5, 5.41) is 2.87. The van der Waals surface area contributed by atoms with Gasteiger partial charge < -0.3 is 5.32 Å². The summed E-state index contributed by atoms with van der Waals surface area (Å²) in [6, 6.07) is 2.68. The molecule has 2 amide bonds. The number of carbonyl (C=O) groups is 2. The molecule has 1 aromatic heterocycles. The SMILES string of the molecule is Cc1ncccc1N1C(=O)C(C(C)C)NC(=O)C1C(C)C. The second kappa shape index (κ2) is 5.84. The van der Waals surface area contributed by atoms with Crippen molar-refractivity contribution >= 4 is 17.5 Å². The summed E-state index contributed by atoms with van der Waals surface area (Å²) >= 11 is 0. The number of hydrogen-bond donors (Lipinski definition) is 1. The van der Waals surface area contributed by atoms with Gasteiger partial charge in [0, 0.05) is 6.20 Å². The number of rotatable bonds is 3. The van der Waals surface area contributed by atoms with E-state index < -0.39 is 12.1 Å². The molecule has 2 atom stereocenters. The van der Waals surface area contributed by atoms with E-state index in [0.717, 1.165) is 11.4 Å². The molecule has 0 aliphatic carbocycles. The highest BCUT2D eigenvalue weighted by Crippen LogP contribution is 2.28. The van der Waals surface area contributed by atoms with Crippen LogP contribution < -0.4 is 10.2 Å². The minimum Gasteiger partial charge on any atom is -0.342 e. The van der Waals surface area contributed by atoms with E-state index in [2.05, 4.69) is 10.3 Å². The van der Waals surface area contributed by atoms with Crippen LogP contribution in [0.5, 0.6) is 0 Å². The Bertz CT molecular complexity index is 554. The largest absolute Gasteiger partial charge is 0.342 e. The number of anilines is 1. The molecule has 1 aliphatic heterocycles. The first kappa shape index (κ1) is 15.5. The number of nitrogens with zero attached hydrogens (tertiary/aromatic N) is 2. The maximum absolute atomic E-state index is 12.9. The number of aryl methyl sites for hydroxylation is 1. The van der Waals surface area contributed by atoms with E-state index in [1.165, 1.54) is 0 Å². The van der Waals surface area contributed by atoms with E-state index in [0.29, 0.717) is 0 Å². The molecule has 1 saturated heterocycles. The third-order valence-corrected chi connectivity index (χ3v) is 3.88. The predicted molar refractivity (Wildman–Crippen MR) is 81.9 cm³/mol. The zero-order chi connectivity index (χ0) is 15.7. The van der Waals surface area contributed by atoms with Crippen LogP contribution in [0, 0.1) is 18.8 Å². The number of nitrogens with one attached hydrogen (secondary N) is 1. The van der Waals surface area contributed by atoms with E-state index in [1.54, 1.807) is 17.2 Å². The van der Waals surface area contributed by atoms with Crippen molar-refractivity contribution in [3.8, 4) is 0 Å². The van der Waals surface area contributed by atoms with E-state index in [-0.39, 0.29) is 23.7 Å². The van der Waals surface area contributed by atoms with Gasteiger partial charge in [0.15, 0.2) is 0 Å². The molecule has 5 nitrogen and oxygen atoms in total. The maximum atomic E-state index is 12.9. The lowest BCUT2D eigenvalue weighted by atomic mass is 9.92. The Balaban J connectivity index is 2.52. The summed E-state index contributed by atoms with van der Waals surface area (Å²) in [6.07, 6.45) is 1.69. The predicted octanol–water partition coefficient (Wildman–Crippen LogP) is 1.90. The highest BCUT2D eigenvalue weighted by Gasteiger charge is 2.44.